The first-order valence-electron chi connectivity index (χ1n) is 9.10. The molecule has 0 radical (unpaired) electrons. The van der Waals surface area contributed by atoms with Gasteiger partial charge in [0.1, 0.15) is 0 Å². The molecule has 1 heterocycles. The summed E-state index contributed by atoms with van der Waals surface area (Å²) >= 11 is 0. The van der Waals surface area contributed by atoms with E-state index in [0.717, 1.165) is 24.8 Å². The Morgan fingerprint density at radius 3 is 2.85 bits per heavy atom. The van der Waals surface area contributed by atoms with Gasteiger partial charge < -0.3 is 19.5 Å². The minimum Gasteiger partial charge on any atom is -0.454 e. The SMILES string of the molecule is C[C@H](OC(=O)c1ccc2c(c1)OCO2)C(=O)N[C@H]1CCCc2ccccc21. The zero-order chi connectivity index (χ0) is 18.8. The van der Waals surface area contributed by atoms with Gasteiger partial charge in [0.25, 0.3) is 5.91 Å². The van der Waals surface area contributed by atoms with Crippen LogP contribution < -0.4 is 14.8 Å². The lowest BCUT2D eigenvalue weighted by Gasteiger charge is -2.27. The smallest absolute Gasteiger partial charge is 0.339 e. The van der Waals surface area contributed by atoms with Crippen molar-refractivity contribution in [2.45, 2.75) is 38.3 Å². The lowest BCUT2D eigenvalue weighted by molar-refractivity contribution is -0.130. The number of carbonyl (C=O) groups is 2. The number of fused-ring (bicyclic) bond motifs is 2. The van der Waals surface area contributed by atoms with E-state index in [-0.39, 0.29) is 18.7 Å². The second-order valence-electron chi connectivity index (χ2n) is 6.77. The second-order valence-corrected chi connectivity index (χ2v) is 6.77. The summed E-state index contributed by atoms with van der Waals surface area (Å²) in [6.45, 7) is 1.71. The third kappa shape index (κ3) is 3.60. The molecule has 1 aliphatic carbocycles. The predicted molar refractivity (Wildman–Crippen MR) is 97.7 cm³/mol. The molecule has 140 valence electrons. The number of esters is 1. The number of nitrogens with one attached hydrogen (secondary N) is 1. The summed E-state index contributed by atoms with van der Waals surface area (Å²) in [5.41, 5.74) is 2.73. The maximum Gasteiger partial charge on any atom is 0.339 e. The summed E-state index contributed by atoms with van der Waals surface area (Å²) in [7, 11) is 0. The van der Waals surface area contributed by atoms with Crippen LogP contribution in [-0.4, -0.2) is 24.8 Å². The molecule has 0 saturated carbocycles. The number of hydrogen-bond acceptors (Lipinski definition) is 5. The van der Waals surface area contributed by atoms with Crippen molar-refractivity contribution in [1.29, 1.82) is 0 Å². The van der Waals surface area contributed by atoms with E-state index in [2.05, 4.69) is 11.4 Å². The van der Waals surface area contributed by atoms with Crippen molar-refractivity contribution in [3.63, 3.8) is 0 Å². The van der Waals surface area contributed by atoms with Crippen molar-refractivity contribution in [2.75, 3.05) is 6.79 Å². The van der Waals surface area contributed by atoms with Crippen molar-refractivity contribution < 1.29 is 23.8 Å². The predicted octanol–water partition coefficient (Wildman–Crippen LogP) is 3.15. The van der Waals surface area contributed by atoms with Gasteiger partial charge in [-0.2, -0.15) is 0 Å². The van der Waals surface area contributed by atoms with Gasteiger partial charge in [0.05, 0.1) is 11.6 Å². The summed E-state index contributed by atoms with van der Waals surface area (Å²) < 4.78 is 15.8. The van der Waals surface area contributed by atoms with E-state index in [1.165, 1.54) is 5.56 Å². The third-order valence-corrected chi connectivity index (χ3v) is 4.95. The quantitative estimate of drug-likeness (QED) is 0.841. The van der Waals surface area contributed by atoms with E-state index < -0.39 is 12.1 Å². The Bertz CT molecular complexity index is 879. The largest absolute Gasteiger partial charge is 0.454 e. The molecule has 0 fully saturated rings. The van der Waals surface area contributed by atoms with E-state index in [4.69, 9.17) is 14.2 Å². The second kappa shape index (κ2) is 7.31. The van der Waals surface area contributed by atoms with E-state index >= 15 is 0 Å². The molecular formula is C21H21NO5. The van der Waals surface area contributed by atoms with Gasteiger partial charge in [-0.1, -0.05) is 24.3 Å². The standard InChI is InChI=1S/C21H21NO5/c1-13(27-21(24)15-9-10-18-19(11-15)26-12-25-18)20(23)22-17-8-4-6-14-5-2-3-7-16(14)17/h2-3,5,7,9-11,13,17H,4,6,8,12H2,1H3,(H,22,23)/t13-,17-/m0/s1. The number of rotatable bonds is 4. The van der Waals surface area contributed by atoms with Crippen LogP contribution in [0.4, 0.5) is 0 Å². The number of benzene rings is 2. The first-order valence-corrected chi connectivity index (χ1v) is 9.10. The molecule has 27 heavy (non-hydrogen) atoms. The fourth-order valence-corrected chi connectivity index (χ4v) is 3.50. The van der Waals surface area contributed by atoms with Gasteiger partial charge in [-0.3, -0.25) is 4.79 Å². The minimum absolute atomic E-state index is 0.0471. The van der Waals surface area contributed by atoms with Crippen LogP contribution in [0.3, 0.4) is 0 Å². The number of hydrogen-bond donors (Lipinski definition) is 1. The molecule has 6 heteroatoms. The number of aryl methyl sites for hydroxylation is 1. The highest BCUT2D eigenvalue weighted by Gasteiger charge is 2.26. The molecule has 0 saturated heterocycles. The Kier molecular flexibility index (Phi) is 4.71. The van der Waals surface area contributed by atoms with Crippen LogP contribution in [0.25, 0.3) is 0 Å². The fraction of sp³-hybridized carbons (Fsp3) is 0.333. The minimum atomic E-state index is -0.892. The Morgan fingerprint density at radius 2 is 1.96 bits per heavy atom. The fourth-order valence-electron chi connectivity index (χ4n) is 3.50. The van der Waals surface area contributed by atoms with Crippen LogP contribution in [0.2, 0.25) is 0 Å². The molecule has 2 atom stereocenters. The Labute approximate surface area is 157 Å². The normalized spacial score (nSPS) is 18.3. The molecule has 1 N–H and O–H groups in total. The average molecular weight is 367 g/mol. The van der Waals surface area contributed by atoms with E-state index in [9.17, 15) is 9.59 Å². The van der Waals surface area contributed by atoms with Crippen LogP contribution in [-0.2, 0) is 16.0 Å². The van der Waals surface area contributed by atoms with E-state index in [1.807, 2.05) is 18.2 Å². The molecule has 2 aromatic rings. The maximum absolute atomic E-state index is 12.5. The van der Waals surface area contributed by atoms with Gasteiger partial charge in [0.15, 0.2) is 17.6 Å². The summed E-state index contributed by atoms with van der Waals surface area (Å²) in [5.74, 6) is 0.222. The van der Waals surface area contributed by atoms with Crippen LogP contribution in [0.5, 0.6) is 11.5 Å². The summed E-state index contributed by atoms with van der Waals surface area (Å²) in [5, 5.41) is 3.01. The molecule has 6 nitrogen and oxygen atoms in total. The number of carbonyl (C=O) groups excluding carboxylic acids is 2. The zero-order valence-corrected chi connectivity index (χ0v) is 15.1. The lowest BCUT2D eigenvalue weighted by atomic mass is 9.87. The third-order valence-electron chi connectivity index (χ3n) is 4.95. The van der Waals surface area contributed by atoms with Gasteiger partial charge in [0.2, 0.25) is 6.79 Å². The van der Waals surface area contributed by atoms with Gasteiger partial charge >= 0.3 is 5.97 Å². The Hall–Kier alpha value is -3.02. The maximum atomic E-state index is 12.5. The van der Waals surface area contributed by atoms with Crippen LogP contribution >= 0.6 is 0 Å². The average Bonchev–Trinajstić information content (AvgIpc) is 3.16. The van der Waals surface area contributed by atoms with E-state index in [0.29, 0.717) is 17.1 Å². The molecule has 2 aliphatic rings. The molecule has 1 amide bonds. The number of ether oxygens (including phenoxy) is 3. The summed E-state index contributed by atoms with van der Waals surface area (Å²) in [6, 6.07) is 12.9. The molecule has 0 aromatic heterocycles. The number of amides is 1. The van der Waals surface area contributed by atoms with Crippen molar-refractivity contribution in [3.8, 4) is 11.5 Å². The van der Waals surface area contributed by atoms with Crippen LogP contribution in [0.15, 0.2) is 42.5 Å². The summed E-state index contributed by atoms with van der Waals surface area (Å²) in [4.78, 5) is 24.9. The molecule has 2 aromatic carbocycles. The molecule has 0 unspecified atom stereocenters. The first kappa shape index (κ1) is 17.4. The monoisotopic (exact) mass is 367 g/mol. The molecule has 4 rings (SSSR count). The van der Waals surface area contributed by atoms with Crippen LogP contribution in [0, 0.1) is 0 Å². The highest BCUT2D eigenvalue weighted by Crippen LogP contribution is 2.33. The van der Waals surface area contributed by atoms with Crippen molar-refractivity contribution in [3.05, 3.63) is 59.2 Å². The zero-order valence-electron chi connectivity index (χ0n) is 15.1. The Balaban J connectivity index is 1.39. The van der Waals surface area contributed by atoms with Crippen molar-refractivity contribution >= 4 is 11.9 Å². The van der Waals surface area contributed by atoms with Crippen LogP contribution in [0.1, 0.15) is 47.3 Å². The van der Waals surface area contributed by atoms with Crippen molar-refractivity contribution in [1.82, 2.24) is 5.32 Å². The molecule has 0 bridgehead atoms. The van der Waals surface area contributed by atoms with E-state index in [1.54, 1.807) is 25.1 Å². The van der Waals surface area contributed by atoms with Gasteiger partial charge in [0, 0.05) is 0 Å². The summed E-state index contributed by atoms with van der Waals surface area (Å²) in [6.07, 6.45) is 2.04. The van der Waals surface area contributed by atoms with Crippen molar-refractivity contribution in [2.24, 2.45) is 0 Å². The Morgan fingerprint density at radius 1 is 1.15 bits per heavy atom. The van der Waals surface area contributed by atoms with Gasteiger partial charge in [-0.05, 0) is 55.5 Å². The first-order chi connectivity index (χ1) is 13.1. The van der Waals surface area contributed by atoms with Gasteiger partial charge in [-0.25, -0.2) is 4.79 Å². The highest BCUT2D eigenvalue weighted by molar-refractivity contribution is 5.93. The molecule has 0 spiro atoms. The lowest BCUT2D eigenvalue weighted by Crippen LogP contribution is -2.39. The molecular weight excluding hydrogens is 346 g/mol. The van der Waals surface area contributed by atoms with Gasteiger partial charge in [-0.15, -0.1) is 0 Å². The topological polar surface area (TPSA) is 73.9 Å². The highest BCUT2D eigenvalue weighted by atomic mass is 16.7. The molecule has 1 aliphatic heterocycles.